The zero-order valence-electron chi connectivity index (χ0n) is 9.87. The second-order valence-corrected chi connectivity index (χ2v) is 6.47. The number of ether oxygens (including phenoxy) is 1. The van der Waals surface area contributed by atoms with Gasteiger partial charge in [-0.05, 0) is 36.5 Å². The van der Waals surface area contributed by atoms with Gasteiger partial charge in [0.05, 0.1) is 12.7 Å². The van der Waals surface area contributed by atoms with Gasteiger partial charge in [-0.25, -0.2) is 0 Å². The molecule has 0 bridgehead atoms. The molecule has 0 radical (unpaired) electrons. The highest BCUT2D eigenvalue weighted by atomic mass is 127. The Labute approximate surface area is 126 Å². The molecule has 3 heteroatoms. The first-order valence-corrected chi connectivity index (χ1v) is 8.54. The molecule has 1 aromatic carbocycles. The zero-order valence-corrected chi connectivity index (χ0v) is 13.6. The van der Waals surface area contributed by atoms with E-state index < -0.39 is 0 Å². The molecule has 94 valence electrons. The molecule has 17 heavy (non-hydrogen) atoms. The van der Waals surface area contributed by atoms with Crippen LogP contribution in [0.15, 0.2) is 28.7 Å². The summed E-state index contributed by atoms with van der Waals surface area (Å²) in [7, 11) is 0. The fourth-order valence-electron chi connectivity index (χ4n) is 2.34. The lowest BCUT2D eigenvalue weighted by Gasteiger charge is -2.18. The van der Waals surface area contributed by atoms with Crippen molar-refractivity contribution in [2.75, 3.05) is 11.0 Å². The number of hydrogen-bond donors (Lipinski definition) is 0. The van der Waals surface area contributed by atoms with Crippen LogP contribution in [0.3, 0.4) is 0 Å². The molecule has 1 nitrogen and oxygen atoms in total. The largest absolute Gasteiger partial charge is 0.372 e. The lowest BCUT2D eigenvalue weighted by Crippen LogP contribution is -2.12. The van der Waals surface area contributed by atoms with Crippen molar-refractivity contribution in [2.24, 2.45) is 5.92 Å². The van der Waals surface area contributed by atoms with Gasteiger partial charge >= 0.3 is 0 Å². The minimum absolute atomic E-state index is 0.254. The molecular weight excluding hydrogens is 391 g/mol. The van der Waals surface area contributed by atoms with E-state index >= 15 is 0 Å². The molecule has 0 spiro atoms. The number of benzene rings is 1. The Balaban J connectivity index is 1.89. The predicted molar refractivity (Wildman–Crippen MR) is 83.7 cm³/mol. The molecule has 1 saturated carbocycles. The molecule has 1 aromatic rings. The first-order chi connectivity index (χ1) is 8.29. The molecule has 0 N–H and O–H groups in total. The SMILES string of the molecule is Brc1ccc(C(CI)OCC2CCCC2)cc1. The quantitative estimate of drug-likeness (QED) is 0.484. The summed E-state index contributed by atoms with van der Waals surface area (Å²) < 4.78 is 8.23. The van der Waals surface area contributed by atoms with E-state index in [-0.39, 0.29) is 6.10 Å². The lowest BCUT2D eigenvalue weighted by atomic mass is 10.1. The summed E-state index contributed by atoms with van der Waals surface area (Å²) in [4.78, 5) is 0. The van der Waals surface area contributed by atoms with E-state index in [9.17, 15) is 0 Å². The van der Waals surface area contributed by atoms with Crippen molar-refractivity contribution in [3.05, 3.63) is 34.3 Å². The van der Waals surface area contributed by atoms with Crippen molar-refractivity contribution in [1.29, 1.82) is 0 Å². The number of alkyl halides is 1. The second-order valence-electron chi connectivity index (χ2n) is 4.68. The normalized spacial score (nSPS) is 18.5. The maximum atomic E-state index is 6.08. The van der Waals surface area contributed by atoms with Gasteiger partial charge in [0.2, 0.25) is 0 Å². The van der Waals surface area contributed by atoms with Crippen LogP contribution in [0.25, 0.3) is 0 Å². The lowest BCUT2D eigenvalue weighted by molar-refractivity contribution is 0.0454. The Kier molecular flexibility index (Phi) is 5.77. The Morgan fingerprint density at radius 2 is 1.88 bits per heavy atom. The summed E-state index contributed by atoms with van der Waals surface area (Å²) in [5, 5.41) is 0. The Hall–Kier alpha value is 0.390. The molecule has 0 amide bonds. The van der Waals surface area contributed by atoms with Gasteiger partial charge in [-0.3, -0.25) is 0 Å². The molecule has 1 aliphatic carbocycles. The second kappa shape index (κ2) is 7.10. The highest BCUT2D eigenvalue weighted by molar-refractivity contribution is 14.1. The van der Waals surface area contributed by atoms with Gasteiger partial charge in [0.1, 0.15) is 0 Å². The highest BCUT2D eigenvalue weighted by Gasteiger charge is 2.18. The Morgan fingerprint density at radius 1 is 1.24 bits per heavy atom. The smallest absolute Gasteiger partial charge is 0.0914 e. The van der Waals surface area contributed by atoms with E-state index in [2.05, 4.69) is 62.8 Å². The zero-order chi connectivity index (χ0) is 12.1. The maximum absolute atomic E-state index is 6.08. The van der Waals surface area contributed by atoms with Crippen molar-refractivity contribution in [3.8, 4) is 0 Å². The van der Waals surface area contributed by atoms with Gasteiger partial charge in [0.25, 0.3) is 0 Å². The predicted octanol–water partition coefficient (Wildman–Crippen LogP) is 5.13. The van der Waals surface area contributed by atoms with Crippen molar-refractivity contribution in [2.45, 2.75) is 31.8 Å². The first-order valence-electron chi connectivity index (χ1n) is 6.22. The number of hydrogen-bond acceptors (Lipinski definition) is 1. The van der Waals surface area contributed by atoms with Crippen LogP contribution in [0.5, 0.6) is 0 Å². The third kappa shape index (κ3) is 4.21. The Bertz CT molecular complexity index is 333. The molecule has 0 saturated heterocycles. The van der Waals surface area contributed by atoms with Crippen LogP contribution >= 0.6 is 38.5 Å². The molecule has 0 heterocycles. The van der Waals surface area contributed by atoms with Crippen molar-refractivity contribution in [3.63, 3.8) is 0 Å². The summed E-state index contributed by atoms with van der Waals surface area (Å²) in [5.74, 6) is 0.802. The van der Waals surface area contributed by atoms with E-state index in [4.69, 9.17) is 4.74 Å². The fourth-order valence-corrected chi connectivity index (χ4v) is 3.36. The van der Waals surface area contributed by atoms with Crippen LogP contribution in [-0.2, 0) is 4.74 Å². The topological polar surface area (TPSA) is 9.23 Å². The third-order valence-corrected chi connectivity index (χ3v) is 4.72. The van der Waals surface area contributed by atoms with Gasteiger partial charge in [0.15, 0.2) is 0 Å². The standard InChI is InChI=1S/C14H18BrIO/c15-13-7-5-12(6-8-13)14(9-16)17-10-11-3-1-2-4-11/h5-8,11,14H,1-4,9-10H2. The van der Waals surface area contributed by atoms with Crippen LogP contribution in [0.2, 0.25) is 0 Å². The molecule has 1 unspecified atom stereocenters. The average molecular weight is 409 g/mol. The summed E-state index contributed by atoms with van der Waals surface area (Å²) in [6.45, 7) is 0.934. The van der Waals surface area contributed by atoms with Gasteiger partial charge < -0.3 is 4.74 Å². The summed E-state index contributed by atoms with van der Waals surface area (Å²) >= 11 is 5.88. The molecule has 0 aromatic heterocycles. The van der Waals surface area contributed by atoms with Gasteiger partial charge in [-0.2, -0.15) is 0 Å². The van der Waals surface area contributed by atoms with Crippen LogP contribution in [0.1, 0.15) is 37.4 Å². The average Bonchev–Trinajstić information content (AvgIpc) is 2.85. The van der Waals surface area contributed by atoms with E-state index in [1.807, 2.05) is 0 Å². The van der Waals surface area contributed by atoms with Gasteiger partial charge in [0, 0.05) is 8.90 Å². The van der Waals surface area contributed by atoms with Gasteiger partial charge in [-0.1, -0.05) is 63.5 Å². The minimum atomic E-state index is 0.254. The van der Waals surface area contributed by atoms with Crippen molar-refractivity contribution >= 4 is 38.5 Å². The third-order valence-electron chi connectivity index (χ3n) is 3.39. The van der Waals surface area contributed by atoms with Crippen molar-refractivity contribution in [1.82, 2.24) is 0 Å². The molecule has 1 fully saturated rings. The fraction of sp³-hybridized carbons (Fsp3) is 0.571. The molecule has 1 atom stereocenters. The van der Waals surface area contributed by atoms with Crippen LogP contribution in [-0.4, -0.2) is 11.0 Å². The molecule has 2 rings (SSSR count). The van der Waals surface area contributed by atoms with Crippen LogP contribution in [0, 0.1) is 5.92 Å². The molecular formula is C14H18BrIO. The highest BCUT2D eigenvalue weighted by Crippen LogP contribution is 2.28. The maximum Gasteiger partial charge on any atom is 0.0914 e. The monoisotopic (exact) mass is 408 g/mol. The van der Waals surface area contributed by atoms with Crippen LogP contribution < -0.4 is 0 Å². The van der Waals surface area contributed by atoms with Crippen LogP contribution in [0.4, 0.5) is 0 Å². The summed E-state index contributed by atoms with van der Waals surface area (Å²) in [5.41, 5.74) is 1.29. The van der Waals surface area contributed by atoms with Gasteiger partial charge in [-0.15, -0.1) is 0 Å². The van der Waals surface area contributed by atoms with E-state index in [1.165, 1.54) is 31.2 Å². The number of rotatable bonds is 5. The Morgan fingerprint density at radius 3 is 2.47 bits per heavy atom. The summed E-state index contributed by atoms with van der Waals surface area (Å²) in [6.07, 6.45) is 5.75. The summed E-state index contributed by atoms with van der Waals surface area (Å²) in [6, 6.07) is 8.49. The van der Waals surface area contributed by atoms with Crippen molar-refractivity contribution < 1.29 is 4.74 Å². The minimum Gasteiger partial charge on any atom is -0.372 e. The van der Waals surface area contributed by atoms with E-state index in [1.54, 1.807) is 0 Å². The molecule has 1 aliphatic rings. The van der Waals surface area contributed by atoms with E-state index in [0.717, 1.165) is 21.4 Å². The number of halogens is 2. The van der Waals surface area contributed by atoms with E-state index in [0.29, 0.717) is 0 Å². The first kappa shape index (κ1) is 13.8. The molecule has 0 aliphatic heterocycles.